The van der Waals surface area contributed by atoms with Crippen molar-refractivity contribution in [1.82, 2.24) is 0 Å². The molecule has 0 unspecified atom stereocenters. The van der Waals surface area contributed by atoms with Crippen LogP contribution in [0.25, 0.3) is 0 Å². The first kappa shape index (κ1) is 63.1. The van der Waals surface area contributed by atoms with Crippen LogP contribution in [0.5, 0.6) is 0 Å². The van der Waals surface area contributed by atoms with Gasteiger partial charge in [0.1, 0.15) is 34.5 Å². The molecule has 0 radical (unpaired) electrons. The van der Waals surface area contributed by atoms with Crippen LogP contribution in [0.2, 0.25) is 0 Å². The fourth-order valence-corrected chi connectivity index (χ4v) is 9.22. The first-order chi connectivity index (χ1) is 35.4. The summed E-state index contributed by atoms with van der Waals surface area (Å²) in [6, 6.07) is 16.5. The number of hydrogen-bond donors (Lipinski definition) is 0. The largest absolute Gasteiger partial charge is 0.464 e. The molecule has 0 saturated carbocycles. The van der Waals surface area contributed by atoms with Crippen LogP contribution in [-0.4, -0.2) is 133 Å². The minimum absolute atomic E-state index is 0.0605. The number of carbonyl (C=O) groups is 6. The SMILES string of the molecule is CCOC(=O)C(=NOS(=O)(=O)c1ccc(C)cc1)SCC(=O)OCC(CC)(COC(=O)CSC(=NOS(=O)(=O)c1ccc(C)cc1)C(=O)OCC)COC(=O)CSC(=NOS(=O)(=O)c1ccc(C)cc1)C(=O)OCC. The molecule has 0 bridgehead atoms. The third-order valence-corrected chi connectivity index (χ3v) is 15.3. The van der Waals surface area contributed by atoms with Crippen LogP contribution < -0.4 is 0 Å². The van der Waals surface area contributed by atoms with Crippen LogP contribution in [0, 0.1) is 26.2 Å². The lowest BCUT2D eigenvalue weighted by molar-refractivity contribution is -0.159. The van der Waals surface area contributed by atoms with Gasteiger partial charge in [-0.05, 0) is 84.4 Å². The van der Waals surface area contributed by atoms with Gasteiger partial charge in [0.05, 0.1) is 42.5 Å². The van der Waals surface area contributed by atoms with E-state index in [0.29, 0.717) is 35.3 Å². The van der Waals surface area contributed by atoms with Crippen molar-refractivity contribution in [3.05, 3.63) is 89.5 Å². The van der Waals surface area contributed by atoms with Crippen LogP contribution in [0.15, 0.2) is 103 Å². The molecule has 0 spiro atoms. The van der Waals surface area contributed by atoms with Crippen molar-refractivity contribution < 1.29 is 95.3 Å². The van der Waals surface area contributed by atoms with E-state index < -0.39 is 124 Å². The van der Waals surface area contributed by atoms with Crippen LogP contribution in [-0.2, 0) is 100 Å². The smallest absolute Gasteiger partial charge is 0.367 e. The Kier molecular flexibility index (Phi) is 25.5. The number of carbonyl (C=O) groups excluding carboxylic acids is 6. The van der Waals surface area contributed by atoms with E-state index in [0.717, 1.165) is 16.7 Å². The third-order valence-electron chi connectivity index (χ3n) is 9.28. The maximum atomic E-state index is 13.2. The Balaban J connectivity index is 1.83. The van der Waals surface area contributed by atoms with Gasteiger partial charge in [0, 0.05) is 0 Å². The lowest BCUT2D eigenvalue weighted by Crippen LogP contribution is -2.39. The van der Waals surface area contributed by atoms with Crippen molar-refractivity contribution in [2.45, 2.75) is 69.6 Å². The van der Waals surface area contributed by atoms with Crippen molar-refractivity contribution in [1.29, 1.82) is 0 Å². The average Bonchev–Trinajstić information content (AvgIpc) is 3.36. The quantitative estimate of drug-likeness (QED) is 0.0355. The minimum atomic E-state index is -4.52. The maximum absolute atomic E-state index is 13.2. The zero-order chi connectivity index (χ0) is 55.8. The molecule has 0 aromatic heterocycles. The number of benzene rings is 3. The number of oxime groups is 3. The highest BCUT2D eigenvalue weighted by atomic mass is 32.2. The topological polar surface area (TPSA) is 325 Å². The molecule has 30 heteroatoms. The lowest BCUT2D eigenvalue weighted by Gasteiger charge is -2.31. The predicted molar refractivity (Wildman–Crippen MR) is 274 cm³/mol. The monoisotopic (exact) mass is 1160 g/mol. The van der Waals surface area contributed by atoms with E-state index in [1.165, 1.54) is 93.6 Å². The number of thioether (sulfide) groups is 3. The molecule has 3 rings (SSSR count). The van der Waals surface area contributed by atoms with Gasteiger partial charge >= 0.3 is 66.2 Å². The molecular formula is C45H53N3O21S6. The Bertz CT molecular complexity index is 2600. The molecule has 0 saturated heterocycles. The predicted octanol–water partition coefficient (Wildman–Crippen LogP) is 4.98. The summed E-state index contributed by atoms with van der Waals surface area (Å²) in [6.45, 7) is 8.64. The van der Waals surface area contributed by atoms with Gasteiger partial charge < -0.3 is 28.4 Å². The fourth-order valence-electron chi connectivity index (χ4n) is 5.08. The molecule has 0 heterocycles. The van der Waals surface area contributed by atoms with Crippen molar-refractivity contribution in [3.8, 4) is 0 Å². The van der Waals surface area contributed by atoms with Gasteiger partial charge in [-0.25, -0.2) is 14.4 Å². The number of nitrogens with zero attached hydrogens (tertiary/aromatic N) is 3. The molecular weight excluding hydrogens is 1110 g/mol. The first-order valence-electron chi connectivity index (χ1n) is 22.0. The van der Waals surface area contributed by atoms with Gasteiger partial charge in [0.2, 0.25) is 15.1 Å². The maximum Gasteiger partial charge on any atom is 0.367 e. The van der Waals surface area contributed by atoms with Crippen LogP contribution in [0.4, 0.5) is 0 Å². The second-order valence-electron chi connectivity index (χ2n) is 15.1. The summed E-state index contributed by atoms with van der Waals surface area (Å²) in [5, 5.41) is 8.24. The van der Waals surface area contributed by atoms with Crippen LogP contribution in [0.3, 0.4) is 0 Å². The Labute approximate surface area is 446 Å². The lowest BCUT2D eigenvalue weighted by atomic mass is 9.88. The van der Waals surface area contributed by atoms with Gasteiger partial charge in [0.15, 0.2) is 0 Å². The standard InChI is InChI=1S/C45H53N3O21S6/c1-8-45(27-64-36(49)24-70-39(42(52)61-9-2)46-67-73(55,56)33-18-12-30(5)13-19-33,28-65-37(50)25-71-40(43(53)62-10-3)47-68-74(57,58)34-20-14-31(6)15-21-34)29-66-38(51)26-72-41(44(54)63-11-4)48-69-75(59,60)35-22-16-32(7)17-23-35/h12-23H,8-11,24-29H2,1-7H3. The van der Waals surface area contributed by atoms with E-state index in [2.05, 4.69) is 15.5 Å². The molecule has 410 valence electrons. The number of ether oxygens (including phenoxy) is 6. The van der Waals surface area contributed by atoms with Crippen molar-refractivity contribution in [3.63, 3.8) is 0 Å². The molecule has 75 heavy (non-hydrogen) atoms. The highest BCUT2D eigenvalue weighted by molar-refractivity contribution is 8.16. The number of aryl methyl sites for hydroxylation is 3. The Hall–Kier alpha value is -6.21. The zero-order valence-electron chi connectivity index (χ0n) is 41.4. The summed E-state index contributed by atoms with van der Waals surface area (Å²) in [5.74, 6) is -8.67. The van der Waals surface area contributed by atoms with E-state index in [1.807, 2.05) is 0 Å². The molecule has 0 N–H and O–H groups in total. The molecule has 0 fully saturated rings. The minimum Gasteiger partial charge on any atom is -0.464 e. The van der Waals surface area contributed by atoms with Gasteiger partial charge in [-0.2, -0.15) is 25.3 Å². The summed E-state index contributed by atoms with van der Waals surface area (Å²) in [6.07, 6.45) is -0.0605. The fraction of sp³-hybridized carbons (Fsp3) is 0.400. The van der Waals surface area contributed by atoms with Crippen molar-refractivity contribution in [2.75, 3.05) is 56.9 Å². The van der Waals surface area contributed by atoms with E-state index in [9.17, 15) is 54.0 Å². The summed E-state index contributed by atoms with van der Waals surface area (Å²) >= 11 is 1.17. The Morgan fingerprint density at radius 2 is 0.653 bits per heavy atom. The number of hydrogen-bond acceptors (Lipinski definition) is 27. The molecule has 0 aliphatic heterocycles. The van der Waals surface area contributed by atoms with Crippen LogP contribution in [0.1, 0.15) is 50.8 Å². The highest BCUT2D eigenvalue weighted by Gasteiger charge is 2.35. The van der Waals surface area contributed by atoms with Crippen molar-refractivity contribution in [2.24, 2.45) is 20.9 Å². The Morgan fingerprint density at radius 1 is 0.413 bits per heavy atom. The molecule has 0 aliphatic carbocycles. The molecule has 0 aliphatic rings. The summed E-state index contributed by atoms with van der Waals surface area (Å²) in [4.78, 5) is 77.0. The van der Waals surface area contributed by atoms with E-state index in [4.69, 9.17) is 41.3 Å². The summed E-state index contributed by atoms with van der Waals surface area (Å²) < 4.78 is 122. The summed E-state index contributed by atoms with van der Waals surface area (Å²) in [7, 11) is -13.6. The van der Waals surface area contributed by atoms with E-state index in [1.54, 1.807) is 27.7 Å². The van der Waals surface area contributed by atoms with Gasteiger partial charge in [-0.3, -0.25) is 27.2 Å². The normalized spacial score (nSPS) is 13.1. The molecule has 0 atom stereocenters. The van der Waals surface area contributed by atoms with Gasteiger partial charge in [-0.1, -0.05) is 111 Å². The molecule has 0 amide bonds. The van der Waals surface area contributed by atoms with E-state index >= 15 is 0 Å². The number of rotatable bonds is 25. The van der Waals surface area contributed by atoms with Crippen molar-refractivity contribution >= 4 is 117 Å². The second kappa shape index (κ2) is 30.4. The molecule has 3 aromatic carbocycles. The first-order valence-corrected chi connectivity index (χ1v) is 29.2. The third kappa shape index (κ3) is 21.5. The summed E-state index contributed by atoms with van der Waals surface area (Å²) in [5.41, 5.74) is 0.676. The highest BCUT2D eigenvalue weighted by Crippen LogP contribution is 2.26. The average molecular weight is 1160 g/mol. The van der Waals surface area contributed by atoms with Crippen LogP contribution >= 0.6 is 35.3 Å². The zero-order valence-corrected chi connectivity index (χ0v) is 46.3. The molecule has 3 aromatic rings. The number of esters is 6. The molecule has 24 nitrogen and oxygen atoms in total. The van der Waals surface area contributed by atoms with Gasteiger partial charge in [0.25, 0.3) is 0 Å². The van der Waals surface area contributed by atoms with E-state index in [-0.39, 0.29) is 40.9 Å². The Morgan fingerprint density at radius 3 is 0.867 bits per heavy atom. The second-order valence-corrected chi connectivity index (χ2v) is 22.6. The van der Waals surface area contributed by atoms with Gasteiger partial charge in [-0.15, -0.1) is 0 Å².